The topological polar surface area (TPSA) is 106 Å². The number of sulfonamides is 1. The van der Waals surface area contributed by atoms with Gasteiger partial charge in [-0.25, -0.2) is 8.42 Å². The van der Waals surface area contributed by atoms with Crippen molar-refractivity contribution in [3.8, 4) is 0 Å². The average molecular weight is 301 g/mol. The molecule has 0 radical (unpaired) electrons. The van der Waals surface area contributed by atoms with E-state index in [0.717, 1.165) is 25.7 Å². The monoisotopic (exact) mass is 301 g/mol. The van der Waals surface area contributed by atoms with Crippen LogP contribution in [0.15, 0.2) is 9.42 Å². The maximum atomic E-state index is 12.8. The Morgan fingerprint density at radius 2 is 2.00 bits per heavy atom. The molecule has 0 saturated heterocycles. The number of amides is 1. The molecule has 1 aromatic heterocycles. The van der Waals surface area contributed by atoms with Crippen molar-refractivity contribution in [3.05, 3.63) is 11.5 Å². The van der Waals surface area contributed by atoms with E-state index in [4.69, 9.17) is 10.3 Å². The van der Waals surface area contributed by atoms with Crippen molar-refractivity contribution in [2.24, 2.45) is 5.73 Å². The Morgan fingerprint density at radius 3 is 2.45 bits per heavy atom. The zero-order valence-corrected chi connectivity index (χ0v) is 12.4. The van der Waals surface area contributed by atoms with Crippen LogP contribution < -0.4 is 5.73 Å². The number of aromatic nitrogens is 1. The second-order valence-electron chi connectivity index (χ2n) is 5.11. The van der Waals surface area contributed by atoms with E-state index in [-0.39, 0.29) is 23.2 Å². The molecule has 20 heavy (non-hydrogen) atoms. The van der Waals surface area contributed by atoms with Gasteiger partial charge in [-0.1, -0.05) is 18.0 Å². The summed E-state index contributed by atoms with van der Waals surface area (Å²) >= 11 is 0. The lowest BCUT2D eigenvalue weighted by Crippen LogP contribution is -2.44. The fourth-order valence-corrected chi connectivity index (χ4v) is 4.66. The van der Waals surface area contributed by atoms with Crippen molar-refractivity contribution >= 4 is 15.9 Å². The first kappa shape index (κ1) is 15.0. The summed E-state index contributed by atoms with van der Waals surface area (Å²) in [6, 6.07) is -0.179. The third-order valence-corrected chi connectivity index (χ3v) is 5.72. The number of primary amides is 1. The lowest BCUT2D eigenvalue weighted by molar-refractivity contribution is -0.118. The highest BCUT2D eigenvalue weighted by atomic mass is 32.2. The van der Waals surface area contributed by atoms with Gasteiger partial charge < -0.3 is 10.3 Å². The van der Waals surface area contributed by atoms with Gasteiger partial charge in [-0.2, -0.15) is 4.31 Å². The van der Waals surface area contributed by atoms with E-state index < -0.39 is 15.9 Å². The molecule has 0 atom stereocenters. The van der Waals surface area contributed by atoms with Crippen molar-refractivity contribution in [2.75, 3.05) is 6.54 Å². The van der Waals surface area contributed by atoms with Gasteiger partial charge in [0.2, 0.25) is 15.9 Å². The van der Waals surface area contributed by atoms with Gasteiger partial charge in [0.25, 0.3) is 0 Å². The van der Waals surface area contributed by atoms with Crippen LogP contribution in [-0.4, -0.2) is 36.4 Å². The molecule has 8 heteroatoms. The Kier molecular flexibility index (Phi) is 4.14. The van der Waals surface area contributed by atoms with Crippen LogP contribution >= 0.6 is 0 Å². The highest BCUT2D eigenvalue weighted by molar-refractivity contribution is 7.89. The summed E-state index contributed by atoms with van der Waals surface area (Å²) in [4.78, 5) is 11.3. The number of carbonyl (C=O) groups excluding carboxylic acids is 1. The van der Waals surface area contributed by atoms with E-state index in [1.165, 1.54) is 4.31 Å². The largest absolute Gasteiger partial charge is 0.369 e. The molecule has 0 spiro atoms. The highest BCUT2D eigenvalue weighted by Gasteiger charge is 2.37. The highest BCUT2D eigenvalue weighted by Crippen LogP contribution is 2.30. The summed E-state index contributed by atoms with van der Waals surface area (Å²) in [5.41, 5.74) is 5.50. The van der Waals surface area contributed by atoms with Gasteiger partial charge in [-0.15, -0.1) is 0 Å². The van der Waals surface area contributed by atoms with Crippen LogP contribution in [-0.2, 0) is 14.8 Å². The first-order valence-electron chi connectivity index (χ1n) is 6.57. The summed E-state index contributed by atoms with van der Waals surface area (Å²) < 4.78 is 31.7. The molecule has 1 aromatic rings. The minimum atomic E-state index is -3.82. The molecule has 1 heterocycles. The van der Waals surface area contributed by atoms with Crippen molar-refractivity contribution in [3.63, 3.8) is 0 Å². The number of aryl methyl sites for hydroxylation is 2. The standard InChI is InChI=1S/C12H19N3O4S/c1-8-12(9(2)19-14-8)20(17,18)15(7-11(13)16)10-5-3-4-6-10/h10H,3-7H2,1-2H3,(H2,13,16). The molecule has 1 aliphatic rings. The van der Waals surface area contributed by atoms with E-state index in [1.54, 1.807) is 13.8 Å². The SMILES string of the molecule is Cc1noc(C)c1S(=O)(=O)N(CC(N)=O)C1CCCC1. The number of nitrogens with zero attached hydrogens (tertiary/aromatic N) is 2. The molecule has 112 valence electrons. The molecule has 0 aromatic carbocycles. The van der Waals surface area contributed by atoms with E-state index in [0.29, 0.717) is 5.69 Å². The van der Waals surface area contributed by atoms with Crippen LogP contribution in [0, 0.1) is 13.8 Å². The molecule has 0 unspecified atom stereocenters. The second-order valence-corrected chi connectivity index (χ2v) is 6.94. The predicted molar refractivity (Wildman–Crippen MR) is 71.3 cm³/mol. The van der Waals surface area contributed by atoms with Crippen LogP contribution in [0.2, 0.25) is 0 Å². The summed E-state index contributed by atoms with van der Waals surface area (Å²) in [7, 11) is -3.82. The van der Waals surface area contributed by atoms with Gasteiger partial charge in [0, 0.05) is 6.04 Å². The molecule has 1 aliphatic carbocycles. The Labute approximate surface area is 118 Å². The first-order valence-corrected chi connectivity index (χ1v) is 8.01. The third-order valence-electron chi connectivity index (χ3n) is 3.58. The van der Waals surface area contributed by atoms with Gasteiger partial charge >= 0.3 is 0 Å². The summed E-state index contributed by atoms with van der Waals surface area (Å²) in [6.07, 6.45) is 3.40. The third kappa shape index (κ3) is 2.71. The Morgan fingerprint density at radius 1 is 1.40 bits per heavy atom. The van der Waals surface area contributed by atoms with E-state index in [9.17, 15) is 13.2 Å². The normalized spacial score (nSPS) is 16.9. The molecule has 1 amide bonds. The number of hydrogen-bond donors (Lipinski definition) is 1. The molecule has 1 fully saturated rings. The lowest BCUT2D eigenvalue weighted by atomic mass is 10.2. The van der Waals surface area contributed by atoms with Crippen LogP contribution in [0.1, 0.15) is 37.1 Å². The van der Waals surface area contributed by atoms with Crippen molar-refractivity contribution < 1.29 is 17.7 Å². The fourth-order valence-electron chi connectivity index (χ4n) is 2.72. The predicted octanol–water partition coefficient (Wildman–Crippen LogP) is 0.710. The summed E-state index contributed by atoms with van der Waals surface area (Å²) in [5, 5.41) is 3.67. The number of nitrogens with two attached hydrogens (primary N) is 1. The Balaban J connectivity index is 2.43. The van der Waals surface area contributed by atoms with Crippen LogP contribution in [0.3, 0.4) is 0 Å². The number of hydrogen-bond acceptors (Lipinski definition) is 5. The van der Waals surface area contributed by atoms with E-state index >= 15 is 0 Å². The van der Waals surface area contributed by atoms with Gasteiger partial charge in [-0.05, 0) is 26.7 Å². The van der Waals surface area contributed by atoms with Crippen molar-refractivity contribution in [1.82, 2.24) is 9.46 Å². The fraction of sp³-hybridized carbons (Fsp3) is 0.667. The molecular formula is C12H19N3O4S. The number of rotatable bonds is 5. The zero-order chi connectivity index (χ0) is 14.9. The molecule has 0 bridgehead atoms. The van der Waals surface area contributed by atoms with Gasteiger partial charge in [0.05, 0.1) is 6.54 Å². The van der Waals surface area contributed by atoms with E-state index in [1.807, 2.05) is 0 Å². The smallest absolute Gasteiger partial charge is 0.249 e. The van der Waals surface area contributed by atoms with Crippen LogP contribution in [0.25, 0.3) is 0 Å². The Bertz CT molecular complexity index is 583. The van der Waals surface area contributed by atoms with E-state index in [2.05, 4.69) is 5.16 Å². The van der Waals surface area contributed by atoms with Gasteiger partial charge in [-0.3, -0.25) is 4.79 Å². The zero-order valence-electron chi connectivity index (χ0n) is 11.6. The van der Waals surface area contributed by atoms with Crippen molar-refractivity contribution in [1.29, 1.82) is 0 Å². The van der Waals surface area contributed by atoms with Crippen LogP contribution in [0.4, 0.5) is 0 Å². The van der Waals surface area contributed by atoms with Gasteiger partial charge in [0.15, 0.2) is 5.76 Å². The molecule has 2 rings (SSSR count). The average Bonchev–Trinajstić information content (AvgIpc) is 2.96. The quantitative estimate of drug-likeness (QED) is 0.862. The van der Waals surface area contributed by atoms with Gasteiger partial charge in [0.1, 0.15) is 10.6 Å². The minimum absolute atomic E-state index is 0.0469. The first-order chi connectivity index (χ1) is 9.34. The summed E-state index contributed by atoms with van der Waals surface area (Å²) in [5.74, 6) is -0.429. The Hall–Kier alpha value is -1.41. The molecular weight excluding hydrogens is 282 g/mol. The molecule has 7 nitrogen and oxygen atoms in total. The maximum Gasteiger partial charge on any atom is 0.249 e. The number of carbonyl (C=O) groups is 1. The van der Waals surface area contributed by atoms with Crippen LogP contribution in [0.5, 0.6) is 0 Å². The van der Waals surface area contributed by atoms with Crippen molar-refractivity contribution in [2.45, 2.75) is 50.5 Å². The minimum Gasteiger partial charge on any atom is -0.369 e. The lowest BCUT2D eigenvalue weighted by Gasteiger charge is -2.26. The maximum absolute atomic E-state index is 12.8. The molecule has 1 saturated carbocycles. The second kappa shape index (κ2) is 5.53. The molecule has 2 N–H and O–H groups in total. The summed E-state index contributed by atoms with van der Waals surface area (Å²) in [6.45, 7) is 2.81. The molecule has 0 aliphatic heterocycles.